The van der Waals surface area contributed by atoms with Crippen molar-refractivity contribution in [2.45, 2.75) is 156 Å². The molecule has 0 amide bonds. The van der Waals surface area contributed by atoms with Gasteiger partial charge in [-0.2, -0.15) is 0 Å². The third-order valence-electron chi connectivity index (χ3n) is 6.12. The van der Waals surface area contributed by atoms with E-state index in [0.29, 0.717) is 19.8 Å². The van der Waals surface area contributed by atoms with Crippen LogP contribution in [0.15, 0.2) is 0 Å². The van der Waals surface area contributed by atoms with Crippen molar-refractivity contribution in [3.05, 3.63) is 0 Å². The molecule has 33 heavy (non-hydrogen) atoms. The summed E-state index contributed by atoms with van der Waals surface area (Å²) in [5.41, 5.74) is 0. The summed E-state index contributed by atoms with van der Waals surface area (Å²) in [6.07, 6.45) is 21.7. The van der Waals surface area contributed by atoms with Gasteiger partial charge in [-0.25, -0.2) is 0 Å². The first kappa shape index (κ1) is 32.8. The third kappa shape index (κ3) is 26.3. The Hall–Kier alpha value is -0.160. The number of hydrogen-bond acceptors (Lipinski definition) is 4. The van der Waals surface area contributed by atoms with Gasteiger partial charge >= 0.3 is 0 Å². The van der Waals surface area contributed by atoms with E-state index >= 15 is 0 Å². The number of ether oxygens (including phenoxy) is 4. The van der Waals surface area contributed by atoms with E-state index in [0.717, 1.165) is 26.1 Å². The fourth-order valence-corrected chi connectivity index (χ4v) is 3.89. The van der Waals surface area contributed by atoms with Crippen molar-refractivity contribution >= 4 is 0 Å². The van der Waals surface area contributed by atoms with E-state index in [-0.39, 0.29) is 18.3 Å². The van der Waals surface area contributed by atoms with Gasteiger partial charge in [-0.3, -0.25) is 0 Å². The van der Waals surface area contributed by atoms with Gasteiger partial charge in [0, 0.05) is 13.2 Å². The summed E-state index contributed by atoms with van der Waals surface area (Å²) >= 11 is 0. The summed E-state index contributed by atoms with van der Waals surface area (Å²) in [5, 5.41) is 0. The first-order chi connectivity index (χ1) is 16.1. The Balaban J connectivity index is 3.41. The van der Waals surface area contributed by atoms with Gasteiger partial charge in [-0.1, -0.05) is 104 Å². The van der Waals surface area contributed by atoms with Crippen LogP contribution >= 0.6 is 0 Å². The van der Waals surface area contributed by atoms with Gasteiger partial charge in [-0.15, -0.1) is 0 Å². The Morgan fingerprint density at radius 3 is 1.15 bits per heavy atom. The highest BCUT2D eigenvalue weighted by Gasteiger charge is 2.09. The van der Waals surface area contributed by atoms with Crippen LogP contribution in [0.4, 0.5) is 0 Å². The maximum absolute atomic E-state index is 5.89. The molecular weight excluding hydrogens is 412 g/mol. The van der Waals surface area contributed by atoms with E-state index in [2.05, 4.69) is 34.6 Å². The van der Waals surface area contributed by atoms with Crippen molar-refractivity contribution < 1.29 is 18.9 Å². The van der Waals surface area contributed by atoms with E-state index in [1.165, 1.54) is 89.9 Å². The SMILES string of the molecule is CCCCCCCCCCOC(C)COCC(C)OCC(C)OCCCCCCCCCC. The molecule has 0 saturated heterocycles. The molecule has 3 unspecified atom stereocenters. The van der Waals surface area contributed by atoms with E-state index in [1.807, 2.05) is 0 Å². The lowest BCUT2D eigenvalue weighted by atomic mass is 10.1. The lowest BCUT2D eigenvalue weighted by Crippen LogP contribution is -2.25. The highest BCUT2D eigenvalue weighted by atomic mass is 16.6. The van der Waals surface area contributed by atoms with Gasteiger partial charge in [-0.05, 0) is 33.6 Å². The summed E-state index contributed by atoms with van der Waals surface area (Å²) < 4.78 is 23.4. The molecule has 4 nitrogen and oxygen atoms in total. The molecule has 0 spiro atoms. The van der Waals surface area contributed by atoms with Crippen molar-refractivity contribution in [1.29, 1.82) is 0 Å². The number of unbranched alkanes of at least 4 members (excludes halogenated alkanes) is 14. The minimum absolute atomic E-state index is 0.0825. The second kappa shape index (κ2) is 26.4. The molecule has 0 saturated carbocycles. The summed E-state index contributed by atoms with van der Waals surface area (Å²) in [5.74, 6) is 0. The molecule has 0 aromatic rings. The molecule has 4 heteroatoms. The zero-order valence-electron chi connectivity index (χ0n) is 23.2. The first-order valence-electron chi connectivity index (χ1n) is 14.5. The van der Waals surface area contributed by atoms with Gasteiger partial charge in [0.25, 0.3) is 0 Å². The first-order valence-corrected chi connectivity index (χ1v) is 14.5. The van der Waals surface area contributed by atoms with Crippen molar-refractivity contribution in [3.8, 4) is 0 Å². The Morgan fingerprint density at radius 2 is 0.727 bits per heavy atom. The van der Waals surface area contributed by atoms with E-state index < -0.39 is 0 Å². The summed E-state index contributed by atoms with van der Waals surface area (Å²) in [6.45, 7) is 14.4. The second-order valence-corrected chi connectivity index (χ2v) is 9.99. The molecule has 0 aliphatic heterocycles. The van der Waals surface area contributed by atoms with Crippen LogP contribution in [0.2, 0.25) is 0 Å². The van der Waals surface area contributed by atoms with Crippen LogP contribution in [0.5, 0.6) is 0 Å². The normalized spacial score (nSPS) is 14.5. The Morgan fingerprint density at radius 1 is 0.394 bits per heavy atom. The summed E-state index contributed by atoms with van der Waals surface area (Å²) in [4.78, 5) is 0. The molecule has 0 N–H and O–H groups in total. The molecule has 0 aromatic heterocycles. The summed E-state index contributed by atoms with van der Waals surface area (Å²) in [7, 11) is 0. The second-order valence-electron chi connectivity index (χ2n) is 9.99. The molecule has 0 heterocycles. The topological polar surface area (TPSA) is 36.9 Å². The molecule has 0 bridgehead atoms. The number of hydrogen-bond donors (Lipinski definition) is 0. The molecule has 3 atom stereocenters. The maximum atomic E-state index is 5.89. The molecule has 0 aromatic carbocycles. The van der Waals surface area contributed by atoms with Crippen molar-refractivity contribution in [2.24, 2.45) is 0 Å². The summed E-state index contributed by atoms with van der Waals surface area (Å²) in [6, 6.07) is 0. The maximum Gasteiger partial charge on any atom is 0.0781 e. The standard InChI is InChI=1S/C29H60O4/c1-6-8-10-12-14-16-18-20-22-31-27(3)24-30-25-28(4)33-26-29(5)32-23-21-19-17-15-13-11-9-7-2/h27-29H,6-26H2,1-5H3. The average Bonchev–Trinajstić information content (AvgIpc) is 2.80. The Bertz CT molecular complexity index is 364. The average molecular weight is 473 g/mol. The fraction of sp³-hybridized carbons (Fsp3) is 1.00. The smallest absolute Gasteiger partial charge is 0.0781 e. The third-order valence-corrected chi connectivity index (χ3v) is 6.12. The molecule has 0 aliphatic carbocycles. The molecule has 0 fully saturated rings. The Labute approximate surface area is 207 Å². The minimum atomic E-state index is 0.0825. The van der Waals surface area contributed by atoms with E-state index in [1.54, 1.807) is 0 Å². The van der Waals surface area contributed by atoms with E-state index in [4.69, 9.17) is 18.9 Å². The van der Waals surface area contributed by atoms with Crippen LogP contribution in [-0.4, -0.2) is 51.3 Å². The van der Waals surface area contributed by atoms with Crippen LogP contribution < -0.4 is 0 Å². The lowest BCUT2D eigenvalue weighted by Gasteiger charge is -2.19. The van der Waals surface area contributed by atoms with Gasteiger partial charge in [0.05, 0.1) is 38.1 Å². The molecule has 0 aliphatic rings. The lowest BCUT2D eigenvalue weighted by molar-refractivity contribution is -0.0724. The van der Waals surface area contributed by atoms with Crippen LogP contribution in [0, 0.1) is 0 Å². The largest absolute Gasteiger partial charge is 0.376 e. The quantitative estimate of drug-likeness (QED) is 0.112. The zero-order valence-corrected chi connectivity index (χ0v) is 23.2. The molecule has 0 radical (unpaired) electrons. The van der Waals surface area contributed by atoms with Crippen molar-refractivity contribution in [3.63, 3.8) is 0 Å². The van der Waals surface area contributed by atoms with Crippen molar-refractivity contribution in [1.82, 2.24) is 0 Å². The van der Waals surface area contributed by atoms with Gasteiger partial charge in [0.1, 0.15) is 0 Å². The monoisotopic (exact) mass is 472 g/mol. The number of rotatable bonds is 27. The Kier molecular flexibility index (Phi) is 26.3. The highest BCUT2D eigenvalue weighted by molar-refractivity contribution is 4.55. The van der Waals surface area contributed by atoms with Gasteiger partial charge in [0.2, 0.25) is 0 Å². The highest BCUT2D eigenvalue weighted by Crippen LogP contribution is 2.10. The molecule has 200 valence electrons. The van der Waals surface area contributed by atoms with Gasteiger partial charge < -0.3 is 18.9 Å². The fourth-order valence-electron chi connectivity index (χ4n) is 3.89. The predicted octanol–water partition coefficient (Wildman–Crippen LogP) is 8.50. The van der Waals surface area contributed by atoms with Crippen LogP contribution in [0.1, 0.15) is 137 Å². The predicted molar refractivity (Wildman–Crippen MR) is 142 cm³/mol. The van der Waals surface area contributed by atoms with E-state index in [9.17, 15) is 0 Å². The zero-order chi connectivity index (χ0) is 24.4. The van der Waals surface area contributed by atoms with Crippen LogP contribution in [0.25, 0.3) is 0 Å². The van der Waals surface area contributed by atoms with Crippen molar-refractivity contribution in [2.75, 3.05) is 33.0 Å². The molecular formula is C29H60O4. The van der Waals surface area contributed by atoms with Gasteiger partial charge in [0.15, 0.2) is 0 Å². The van der Waals surface area contributed by atoms with Crippen LogP contribution in [0.3, 0.4) is 0 Å². The minimum Gasteiger partial charge on any atom is -0.376 e. The molecule has 0 rings (SSSR count). The van der Waals surface area contributed by atoms with Crippen LogP contribution in [-0.2, 0) is 18.9 Å².